The highest BCUT2D eigenvalue weighted by Gasteiger charge is 2.32. The molecule has 3 aliphatic rings. The van der Waals surface area contributed by atoms with Gasteiger partial charge in [0.25, 0.3) is 11.8 Å². The Bertz CT molecular complexity index is 1460. The molecule has 0 bridgehead atoms. The molecule has 43 heavy (non-hydrogen) atoms. The Kier molecular flexibility index (Phi) is 8.61. The second-order valence-electron chi connectivity index (χ2n) is 12.9. The standard InChI is InChI=1S/C31H42N6O5S/c1-31(2,40)17-41-24-10-9-23-22(16-34-37(23)26(24)19-3-4-19)29(39)35-20-5-7-21(8-6-20)42-30-27(28(32)38)43-25(36-30)15-18-11-13-33-14-12-18/h9-10,16,18-21,33,40H,3-8,11-15,17H2,1-2H3,(H2,32,38)(H,35,39). The second-order valence-corrected chi connectivity index (χ2v) is 14.0. The lowest BCUT2D eigenvalue weighted by atomic mass is 9.92. The number of pyridine rings is 1. The second kappa shape index (κ2) is 12.4. The summed E-state index contributed by atoms with van der Waals surface area (Å²) in [6.45, 7) is 5.62. The molecule has 0 radical (unpaired) electrons. The van der Waals surface area contributed by atoms with E-state index < -0.39 is 11.5 Å². The molecule has 5 N–H and O–H groups in total. The van der Waals surface area contributed by atoms with E-state index in [2.05, 4.69) is 20.7 Å². The van der Waals surface area contributed by atoms with Crippen molar-refractivity contribution in [2.24, 2.45) is 11.7 Å². The molecule has 2 amide bonds. The van der Waals surface area contributed by atoms with Gasteiger partial charge in [0.05, 0.1) is 33.6 Å². The van der Waals surface area contributed by atoms with Crippen LogP contribution in [0.15, 0.2) is 18.3 Å². The van der Waals surface area contributed by atoms with Gasteiger partial charge in [-0.3, -0.25) is 9.59 Å². The summed E-state index contributed by atoms with van der Waals surface area (Å²) in [5.41, 5.74) is 6.95. The number of nitrogens with zero attached hydrogens (tertiary/aromatic N) is 3. The lowest BCUT2D eigenvalue weighted by Crippen LogP contribution is -2.39. The Balaban J connectivity index is 1.06. The van der Waals surface area contributed by atoms with Crippen LogP contribution in [0.1, 0.15) is 102 Å². The van der Waals surface area contributed by atoms with Gasteiger partial charge in [0.15, 0.2) is 4.88 Å². The summed E-state index contributed by atoms with van der Waals surface area (Å²) < 4.78 is 14.0. The molecule has 1 aliphatic heterocycles. The molecule has 12 heteroatoms. The molecule has 0 spiro atoms. The topological polar surface area (TPSA) is 153 Å². The predicted molar refractivity (Wildman–Crippen MR) is 163 cm³/mol. The van der Waals surface area contributed by atoms with Crippen molar-refractivity contribution in [3.8, 4) is 11.6 Å². The van der Waals surface area contributed by atoms with Crippen LogP contribution >= 0.6 is 11.3 Å². The molecule has 0 unspecified atom stereocenters. The Morgan fingerprint density at radius 1 is 1.14 bits per heavy atom. The first-order chi connectivity index (χ1) is 20.6. The first-order valence-electron chi connectivity index (χ1n) is 15.5. The summed E-state index contributed by atoms with van der Waals surface area (Å²) in [5.74, 6) is 1.30. The number of piperidine rings is 1. The van der Waals surface area contributed by atoms with E-state index in [1.165, 1.54) is 11.3 Å². The number of carbonyl (C=O) groups is 2. The Morgan fingerprint density at radius 3 is 2.56 bits per heavy atom. The number of aliphatic hydroxyl groups is 1. The van der Waals surface area contributed by atoms with Crippen molar-refractivity contribution in [3.05, 3.63) is 39.5 Å². The average Bonchev–Trinajstić information content (AvgIpc) is 3.59. The van der Waals surface area contributed by atoms with Gasteiger partial charge in [-0.15, -0.1) is 11.3 Å². The van der Waals surface area contributed by atoms with Gasteiger partial charge in [-0.1, -0.05) is 0 Å². The van der Waals surface area contributed by atoms with Crippen molar-refractivity contribution in [1.82, 2.24) is 25.2 Å². The third kappa shape index (κ3) is 7.13. The van der Waals surface area contributed by atoms with Gasteiger partial charge in [0.1, 0.15) is 18.5 Å². The number of ether oxygens (including phenoxy) is 2. The summed E-state index contributed by atoms with van der Waals surface area (Å²) in [5, 5.41) is 22.2. The third-order valence-electron chi connectivity index (χ3n) is 8.54. The van der Waals surface area contributed by atoms with Crippen LogP contribution in [-0.4, -0.2) is 69.0 Å². The SMILES string of the molecule is CC(C)(O)COc1ccc2c(C(=O)NC3CCC(Oc4nc(CC5CCNCC5)sc4C(N)=O)CC3)cnn2c1C1CC1. The van der Waals surface area contributed by atoms with Crippen molar-refractivity contribution in [1.29, 1.82) is 0 Å². The number of nitrogens with one attached hydrogen (secondary N) is 2. The van der Waals surface area contributed by atoms with Crippen molar-refractivity contribution in [2.75, 3.05) is 19.7 Å². The third-order valence-corrected chi connectivity index (χ3v) is 9.62. The van der Waals surface area contributed by atoms with E-state index in [1.54, 1.807) is 20.0 Å². The molecule has 4 heterocycles. The van der Waals surface area contributed by atoms with E-state index >= 15 is 0 Å². The van der Waals surface area contributed by atoms with E-state index in [4.69, 9.17) is 15.2 Å². The fourth-order valence-electron chi connectivity index (χ4n) is 6.09. The van der Waals surface area contributed by atoms with Crippen LogP contribution in [0.4, 0.5) is 0 Å². The molecule has 232 valence electrons. The maximum Gasteiger partial charge on any atom is 0.264 e. The Labute approximate surface area is 255 Å². The fraction of sp³-hybridized carbons (Fsp3) is 0.613. The van der Waals surface area contributed by atoms with Crippen molar-refractivity contribution in [2.45, 2.75) is 95.3 Å². The highest BCUT2D eigenvalue weighted by atomic mass is 32.1. The molecule has 3 aromatic heterocycles. The minimum Gasteiger partial charge on any atom is -0.489 e. The average molecular weight is 611 g/mol. The quantitative estimate of drug-likeness (QED) is 0.257. The number of primary amides is 1. The molecule has 2 saturated carbocycles. The monoisotopic (exact) mass is 610 g/mol. The number of carbonyl (C=O) groups excluding carboxylic acids is 2. The van der Waals surface area contributed by atoms with Crippen LogP contribution in [0, 0.1) is 5.92 Å². The van der Waals surface area contributed by atoms with Crippen LogP contribution in [0.3, 0.4) is 0 Å². The number of rotatable bonds is 11. The molecule has 0 atom stereocenters. The van der Waals surface area contributed by atoms with Crippen LogP contribution in [-0.2, 0) is 6.42 Å². The van der Waals surface area contributed by atoms with E-state index in [0.717, 1.165) is 87.1 Å². The number of thiazole rings is 1. The van der Waals surface area contributed by atoms with Gasteiger partial charge in [-0.25, -0.2) is 9.50 Å². The summed E-state index contributed by atoms with van der Waals surface area (Å²) >= 11 is 1.35. The molecule has 1 saturated heterocycles. The van der Waals surface area contributed by atoms with Crippen molar-refractivity contribution in [3.63, 3.8) is 0 Å². The highest BCUT2D eigenvalue weighted by Crippen LogP contribution is 2.44. The number of hydrogen-bond donors (Lipinski definition) is 4. The first-order valence-corrected chi connectivity index (χ1v) is 16.3. The smallest absolute Gasteiger partial charge is 0.264 e. The number of amides is 2. The molecular formula is C31H42N6O5S. The zero-order chi connectivity index (χ0) is 30.1. The molecular weight excluding hydrogens is 568 g/mol. The maximum atomic E-state index is 13.4. The van der Waals surface area contributed by atoms with Crippen molar-refractivity contribution < 1.29 is 24.2 Å². The van der Waals surface area contributed by atoms with Gasteiger partial charge in [0, 0.05) is 18.4 Å². The van der Waals surface area contributed by atoms with E-state index in [0.29, 0.717) is 33.9 Å². The normalized spacial score (nSPS) is 21.6. The number of nitrogens with two attached hydrogens (primary N) is 1. The van der Waals surface area contributed by atoms with Gasteiger partial charge >= 0.3 is 0 Å². The molecule has 0 aromatic carbocycles. The number of hydrogen-bond acceptors (Lipinski definition) is 9. The predicted octanol–water partition coefficient (Wildman–Crippen LogP) is 3.58. The summed E-state index contributed by atoms with van der Waals surface area (Å²) in [6.07, 6.45) is 9.69. The van der Waals surface area contributed by atoms with E-state index in [-0.39, 0.29) is 24.7 Å². The Morgan fingerprint density at radius 2 is 1.88 bits per heavy atom. The van der Waals surface area contributed by atoms with Crippen LogP contribution in [0.25, 0.3) is 5.52 Å². The largest absolute Gasteiger partial charge is 0.489 e. The van der Waals surface area contributed by atoms with Crippen LogP contribution in [0.2, 0.25) is 0 Å². The zero-order valence-electron chi connectivity index (χ0n) is 24.9. The van der Waals surface area contributed by atoms with Crippen LogP contribution in [0.5, 0.6) is 11.6 Å². The van der Waals surface area contributed by atoms with Gasteiger partial charge in [-0.2, -0.15) is 5.10 Å². The van der Waals surface area contributed by atoms with E-state index in [9.17, 15) is 14.7 Å². The fourth-order valence-corrected chi connectivity index (χ4v) is 7.05. The van der Waals surface area contributed by atoms with Gasteiger partial charge < -0.3 is 30.9 Å². The summed E-state index contributed by atoms with van der Waals surface area (Å²) in [6, 6.07) is 3.76. The zero-order valence-corrected chi connectivity index (χ0v) is 25.8. The van der Waals surface area contributed by atoms with Crippen LogP contribution < -0.4 is 25.8 Å². The maximum absolute atomic E-state index is 13.4. The lowest BCUT2D eigenvalue weighted by Gasteiger charge is -2.29. The minimum atomic E-state index is -0.950. The first kappa shape index (κ1) is 29.8. The summed E-state index contributed by atoms with van der Waals surface area (Å²) in [4.78, 5) is 30.6. The summed E-state index contributed by atoms with van der Waals surface area (Å²) in [7, 11) is 0. The Hall–Kier alpha value is -3.22. The van der Waals surface area contributed by atoms with Gasteiger partial charge in [-0.05, 0) is 96.4 Å². The molecule has 11 nitrogen and oxygen atoms in total. The minimum absolute atomic E-state index is 0.0149. The molecule has 2 aliphatic carbocycles. The number of fused-ring (bicyclic) bond motifs is 1. The van der Waals surface area contributed by atoms with Gasteiger partial charge in [0.2, 0.25) is 5.88 Å². The highest BCUT2D eigenvalue weighted by molar-refractivity contribution is 7.14. The van der Waals surface area contributed by atoms with Crippen molar-refractivity contribution >= 4 is 28.7 Å². The lowest BCUT2D eigenvalue weighted by molar-refractivity contribution is 0.0279. The van der Waals surface area contributed by atoms with E-state index in [1.807, 2.05) is 16.6 Å². The molecule has 3 aromatic rings. The molecule has 6 rings (SSSR count). The molecule has 3 fully saturated rings. The number of aromatic nitrogens is 3.